The number of fused-ring (bicyclic) bond motifs is 1. The molecule has 0 radical (unpaired) electrons. The standard InChI is InChI=1S/C20H22N4O/c1-2-18-16(20(25)23-11-7-4-8-12-23)14-21-19-13-17(22-24(18)19)15-9-5-3-6-10-15/h3,5-6,9-10,13-14H,2,4,7-8,11-12H2,1H3. The molecule has 0 bridgehead atoms. The molecule has 5 heteroatoms. The molecule has 25 heavy (non-hydrogen) atoms. The Hall–Kier alpha value is -2.69. The largest absolute Gasteiger partial charge is 0.339 e. The Morgan fingerprint density at radius 2 is 1.88 bits per heavy atom. The van der Waals surface area contributed by atoms with Gasteiger partial charge >= 0.3 is 0 Å². The molecule has 0 spiro atoms. The predicted molar refractivity (Wildman–Crippen MR) is 97.6 cm³/mol. The van der Waals surface area contributed by atoms with Gasteiger partial charge in [0.05, 0.1) is 17.0 Å². The highest BCUT2D eigenvalue weighted by atomic mass is 16.2. The third-order valence-electron chi connectivity index (χ3n) is 4.86. The van der Waals surface area contributed by atoms with E-state index in [2.05, 4.69) is 11.9 Å². The lowest BCUT2D eigenvalue weighted by Gasteiger charge is -2.27. The fourth-order valence-corrected chi connectivity index (χ4v) is 3.52. The van der Waals surface area contributed by atoms with Crippen LogP contribution in [0, 0.1) is 0 Å². The molecule has 0 N–H and O–H groups in total. The molecule has 1 aliphatic heterocycles. The highest BCUT2D eigenvalue weighted by Gasteiger charge is 2.23. The quantitative estimate of drug-likeness (QED) is 0.735. The van der Waals surface area contributed by atoms with Crippen LogP contribution in [0.1, 0.15) is 42.2 Å². The van der Waals surface area contributed by atoms with Crippen molar-refractivity contribution in [2.45, 2.75) is 32.6 Å². The minimum absolute atomic E-state index is 0.0858. The number of likely N-dealkylation sites (tertiary alicyclic amines) is 1. The lowest BCUT2D eigenvalue weighted by atomic mass is 10.1. The minimum Gasteiger partial charge on any atom is -0.339 e. The molecule has 3 heterocycles. The van der Waals surface area contributed by atoms with E-state index in [-0.39, 0.29) is 5.91 Å². The van der Waals surface area contributed by atoms with Crippen LogP contribution in [0.4, 0.5) is 0 Å². The highest BCUT2D eigenvalue weighted by Crippen LogP contribution is 2.22. The van der Waals surface area contributed by atoms with Crippen molar-refractivity contribution in [3.63, 3.8) is 0 Å². The van der Waals surface area contributed by atoms with Crippen LogP contribution in [-0.2, 0) is 6.42 Å². The van der Waals surface area contributed by atoms with Crippen LogP contribution in [0.5, 0.6) is 0 Å². The van der Waals surface area contributed by atoms with Crippen molar-refractivity contribution in [2.24, 2.45) is 0 Å². The van der Waals surface area contributed by atoms with Crippen LogP contribution in [0.3, 0.4) is 0 Å². The first kappa shape index (κ1) is 15.8. The second-order valence-corrected chi connectivity index (χ2v) is 6.49. The number of nitrogens with zero attached hydrogens (tertiary/aromatic N) is 4. The Labute approximate surface area is 147 Å². The van der Waals surface area contributed by atoms with Gasteiger partial charge < -0.3 is 4.90 Å². The zero-order valence-corrected chi connectivity index (χ0v) is 14.5. The smallest absolute Gasteiger partial charge is 0.257 e. The molecule has 2 aromatic heterocycles. The van der Waals surface area contributed by atoms with E-state index >= 15 is 0 Å². The fraction of sp³-hybridized carbons (Fsp3) is 0.350. The van der Waals surface area contributed by atoms with E-state index in [0.717, 1.165) is 55.0 Å². The molecule has 1 fully saturated rings. The highest BCUT2D eigenvalue weighted by molar-refractivity contribution is 5.95. The summed E-state index contributed by atoms with van der Waals surface area (Å²) in [6, 6.07) is 12.0. The number of benzene rings is 1. The van der Waals surface area contributed by atoms with Crippen LogP contribution in [-0.4, -0.2) is 38.5 Å². The van der Waals surface area contributed by atoms with Gasteiger partial charge in [-0.3, -0.25) is 4.79 Å². The monoisotopic (exact) mass is 334 g/mol. The van der Waals surface area contributed by atoms with Gasteiger partial charge in [0, 0.05) is 30.9 Å². The number of carbonyl (C=O) groups excluding carboxylic acids is 1. The summed E-state index contributed by atoms with van der Waals surface area (Å²) >= 11 is 0. The van der Waals surface area contributed by atoms with E-state index in [4.69, 9.17) is 5.10 Å². The minimum atomic E-state index is 0.0858. The lowest BCUT2D eigenvalue weighted by Crippen LogP contribution is -2.36. The van der Waals surface area contributed by atoms with Gasteiger partial charge in [-0.15, -0.1) is 0 Å². The number of aromatic nitrogens is 3. The van der Waals surface area contributed by atoms with Gasteiger partial charge in [0.2, 0.25) is 0 Å². The molecular weight excluding hydrogens is 312 g/mol. The fourth-order valence-electron chi connectivity index (χ4n) is 3.52. The zero-order valence-electron chi connectivity index (χ0n) is 14.5. The van der Waals surface area contributed by atoms with Crippen LogP contribution < -0.4 is 0 Å². The van der Waals surface area contributed by atoms with Gasteiger partial charge in [0.15, 0.2) is 5.65 Å². The Morgan fingerprint density at radius 1 is 1.12 bits per heavy atom. The first-order chi connectivity index (χ1) is 12.3. The van der Waals surface area contributed by atoms with E-state index in [1.54, 1.807) is 6.20 Å². The van der Waals surface area contributed by atoms with Crippen molar-refractivity contribution in [1.82, 2.24) is 19.5 Å². The molecule has 0 aliphatic carbocycles. The molecule has 5 nitrogen and oxygen atoms in total. The van der Waals surface area contributed by atoms with Crippen LogP contribution >= 0.6 is 0 Å². The normalized spacial score (nSPS) is 14.8. The Balaban J connectivity index is 1.77. The number of aryl methyl sites for hydroxylation is 1. The summed E-state index contributed by atoms with van der Waals surface area (Å²) in [4.78, 5) is 19.4. The topological polar surface area (TPSA) is 50.5 Å². The van der Waals surface area contributed by atoms with Crippen LogP contribution in [0.25, 0.3) is 16.9 Å². The van der Waals surface area contributed by atoms with E-state index in [1.807, 2.05) is 45.8 Å². The maximum absolute atomic E-state index is 12.9. The molecule has 128 valence electrons. The van der Waals surface area contributed by atoms with Crippen molar-refractivity contribution < 1.29 is 4.79 Å². The van der Waals surface area contributed by atoms with Crippen molar-refractivity contribution in [1.29, 1.82) is 0 Å². The van der Waals surface area contributed by atoms with Crippen molar-refractivity contribution >= 4 is 11.6 Å². The molecule has 0 atom stereocenters. The number of carbonyl (C=O) groups is 1. The number of hydrogen-bond acceptors (Lipinski definition) is 3. The van der Waals surface area contributed by atoms with Gasteiger partial charge in [-0.25, -0.2) is 9.50 Å². The first-order valence-corrected chi connectivity index (χ1v) is 9.00. The average molecular weight is 334 g/mol. The first-order valence-electron chi connectivity index (χ1n) is 9.00. The summed E-state index contributed by atoms with van der Waals surface area (Å²) in [6.45, 7) is 3.74. The van der Waals surface area contributed by atoms with Crippen molar-refractivity contribution in [3.8, 4) is 11.3 Å². The van der Waals surface area contributed by atoms with E-state index < -0.39 is 0 Å². The van der Waals surface area contributed by atoms with E-state index in [1.165, 1.54) is 6.42 Å². The molecule has 3 aromatic rings. The van der Waals surface area contributed by atoms with E-state index in [9.17, 15) is 4.79 Å². The van der Waals surface area contributed by atoms with Crippen molar-refractivity contribution in [2.75, 3.05) is 13.1 Å². The number of piperidine rings is 1. The summed E-state index contributed by atoms with van der Waals surface area (Å²) in [5, 5.41) is 4.73. The molecular formula is C20H22N4O. The number of rotatable bonds is 3. The third-order valence-corrected chi connectivity index (χ3v) is 4.86. The average Bonchev–Trinajstić information content (AvgIpc) is 3.12. The SMILES string of the molecule is CCc1c(C(=O)N2CCCCC2)cnc2cc(-c3ccccc3)nn12. The van der Waals surface area contributed by atoms with Crippen LogP contribution in [0.2, 0.25) is 0 Å². The summed E-state index contributed by atoms with van der Waals surface area (Å²) in [5.74, 6) is 0.0858. The molecule has 1 aromatic carbocycles. The van der Waals surface area contributed by atoms with Crippen LogP contribution in [0.15, 0.2) is 42.6 Å². The molecule has 4 rings (SSSR count). The number of hydrogen-bond donors (Lipinski definition) is 0. The Kier molecular flexibility index (Phi) is 4.22. The molecule has 0 saturated carbocycles. The second kappa shape index (κ2) is 6.67. The number of amides is 1. The van der Waals surface area contributed by atoms with Gasteiger partial charge in [-0.2, -0.15) is 5.10 Å². The Bertz CT molecular complexity index is 895. The maximum Gasteiger partial charge on any atom is 0.257 e. The van der Waals surface area contributed by atoms with Gasteiger partial charge in [-0.05, 0) is 25.7 Å². The molecule has 0 unspecified atom stereocenters. The zero-order chi connectivity index (χ0) is 17.2. The summed E-state index contributed by atoms with van der Waals surface area (Å²) in [7, 11) is 0. The second-order valence-electron chi connectivity index (χ2n) is 6.49. The summed E-state index contributed by atoms with van der Waals surface area (Å²) in [6.07, 6.45) is 5.85. The summed E-state index contributed by atoms with van der Waals surface area (Å²) in [5.41, 5.74) is 4.33. The van der Waals surface area contributed by atoms with Gasteiger partial charge in [-0.1, -0.05) is 37.3 Å². The molecule has 1 saturated heterocycles. The Morgan fingerprint density at radius 3 is 2.60 bits per heavy atom. The lowest BCUT2D eigenvalue weighted by molar-refractivity contribution is 0.0722. The van der Waals surface area contributed by atoms with Crippen molar-refractivity contribution in [3.05, 3.63) is 53.9 Å². The third kappa shape index (κ3) is 2.90. The predicted octanol–water partition coefficient (Wildman–Crippen LogP) is 3.58. The summed E-state index contributed by atoms with van der Waals surface area (Å²) < 4.78 is 1.83. The van der Waals surface area contributed by atoms with Gasteiger partial charge in [0.25, 0.3) is 5.91 Å². The molecule has 1 aliphatic rings. The maximum atomic E-state index is 12.9. The molecule has 1 amide bonds. The van der Waals surface area contributed by atoms with E-state index in [0.29, 0.717) is 5.56 Å². The van der Waals surface area contributed by atoms with Gasteiger partial charge in [0.1, 0.15) is 0 Å².